The molecule has 0 unspecified atom stereocenters. The van der Waals surface area contributed by atoms with Crippen molar-refractivity contribution in [2.45, 2.75) is 37.0 Å². The summed E-state index contributed by atoms with van der Waals surface area (Å²) in [6, 6.07) is 9.87. The van der Waals surface area contributed by atoms with Crippen molar-refractivity contribution in [2.75, 3.05) is 0 Å². The number of hydrogen-bond donors (Lipinski definition) is 0. The third-order valence-electron chi connectivity index (χ3n) is 4.25. The van der Waals surface area contributed by atoms with Crippen LogP contribution < -0.4 is 0 Å². The Morgan fingerprint density at radius 1 is 1.05 bits per heavy atom. The number of allylic oxidation sites excluding steroid dienone is 4. The Labute approximate surface area is 128 Å². The van der Waals surface area contributed by atoms with Gasteiger partial charge in [0.2, 0.25) is 9.84 Å². The summed E-state index contributed by atoms with van der Waals surface area (Å²) in [7, 11) is -4.68. The van der Waals surface area contributed by atoms with Crippen LogP contribution in [0.15, 0.2) is 57.9 Å². The Kier molecular flexibility index (Phi) is 3.49. The van der Waals surface area contributed by atoms with E-state index in [1.54, 1.807) is 24.3 Å². The lowest BCUT2D eigenvalue weighted by atomic mass is 10.1. The summed E-state index contributed by atoms with van der Waals surface area (Å²) in [4.78, 5) is 1.15. The van der Waals surface area contributed by atoms with Gasteiger partial charge in [0.15, 0.2) is 0 Å². The van der Waals surface area contributed by atoms with Gasteiger partial charge >= 0.3 is 0 Å². The summed E-state index contributed by atoms with van der Waals surface area (Å²) < 4.78 is 26.1. The average molecular weight is 319 g/mol. The molecule has 3 rings (SSSR count). The molecule has 1 aromatic rings. The van der Waals surface area contributed by atoms with Gasteiger partial charge in [0.25, 0.3) is 0 Å². The van der Waals surface area contributed by atoms with Gasteiger partial charge in [-0.05, 0) is 30.5 Å². The summed E-state index contributed by atoms with van der Waals surface area (Å²) in [5.74, 6) is 0.460. The summed E-state index contributed by atoms with van der Waals surface area (Å²) in [6.45, 7) is 6.92. The molecule has 0 saturated carbocycles. The minimum atomic E-state index is -3.34. The molecule has 0 amide bonds. The zero-order valence-electron chi connectivity index (χ0n) is 12.8. The van der Waals surface area contributed by atoms with Gasteiger partial charge in [-0.25, -0.2) is 8.42 Å². The van der Waals surface area contributed by atoms with E-state index in [1.807, 2.05) is 6.07 Å². The van der Waals surface area contributed by atoms with E-state index in [9.17, 15) is 8.42 Å². The molecular formula is C17H22O2SSi. The lowest BCUT2D eigenvalue weighted by molar-refractivity contribution is 0.596. The predicted molar refractivity (Wildman–Crippen MR) is 89.5 cm³/mol. The molecule has 2 aliphatic rings. The van der Waals surface area contributed by atoms with Crippen molar-refractivity contribution in [1.29, 1.82) is 0 Å². The lowest BCUT2D eigenvalue weighted by Crippen LogP contribution is -2.23. The van der Waals surface area contributed by atoms with Gasteiger partial charge in [0.05, 0.1) is 9.80 Å². The number of benzene rings is 1. The topological polar surface area (TPSA) is 34.1 Å². The predicted octanol–water partition coefficient (Wildman–Crippen LogP) is 4.26. The Morgan fingerprint density at radius 3 is 2.29 bits per heavy atom. The van der Waals surface area contributed by atoms with Crippen LogP contribution >= 0.6 is 0 Å². The standard InChI is InChI=1S/C17H22O2SSi/c1-21(2,3)12-16-13-9-10-14(11-13)17(16)20(18,19)15-7-5-4-6-8-15/h4-10,13-14H,11-12H2,1-3H3/t13-,14+/m1/s1. The minimum Gasteiger partial charge on any atom is -0.219 e. The van der Waals surface area contributed by atoms with E-state index in [0.717, 1.165) is 12.5 Å². The fraction of sp³-hybridized carbons (Fsp3) is 0.412. The maximum Gasteiger partial charge on any atom is 0.203 e. The van der Waals surface area contributed by atoms with E-state index >= 15 is 0 Å². The second-order valence-corrected chi connectivity index (χ2v) is 14.7. The van der Waals surface area contributed by atoms with Crippen molar-refractivity contribution >= 4 is 17.9 Å². The first-order valence-corrected chi connectivity index (χ1v) is 12.7. The average Bonchev–Trinajstić information content (AvgIpc) is 2.98. The second kappa shape index (κ2) is 4.95. The Hall–Kier alpha value is -1.13. The molecular weight excluding hydrogens is 296 g/mol. The van der Waals surface area contributed by atoms with Gasteiger partial charge < -0.3 is 0 Å². The summed E-state index contributed by atoms with van der Waals surface area (Å²) in [6.07, 6.45) is 5.26. The highest BCUT2D eigenvalue weighted by Crippen LogP contribution is 2.50. The van der Waals surface area contributed by atoms with Crippen molar-refractivity contribution in [3.05, 3.63) is 53.0 Å². The fourth-order valence-corrected chi connectivity index (χ4v) is 7.10. The fourth-order valence-electron chi connectivity index (χ4n) is 3.46. The normalized spacial score (nSPS) is 24.9. The molecule has 0 fully saturated rings. The van der Waals surface area contributed by atoms with Crippen LogP contribution in [0.3, 0.4) is 0 Å². The van der Waals surface area contributed by atoms with Gasteiger partial charge in [-0.15, -0.1) is 0 Å². The third kappa shape index (κ3) is 2.67. The molecule has 0 spiro atoms. The molecule has 2 aliphatic carbocycles. The van der Waals surface area contributed by atoms with Crippen molar-refractivity contribution in [1.82, 2.24) is 0 Å². The largest absolute Gasteiger partial charge is 0.219 e. The maximum atomic E-state index is 13.0. The number of fused-ring (bicyclic) bond motifs is 2. The first kappa shape index (κ1) is 14.8. The molecule has 112 valence electrons. The Bertz CT molecular complexity index is 709. The number of rotatable bonds is 4. The van der Waals surface area contributed by atoms with Crippen LogP contribution in [0.4, 0.5) is 0 Å². The van der Waals surface area contributed by atoms with Crippen LogP contribution in [0.5, 0.6) is 0 Å². The van der Waals surface area contributed by atoms with Crippen molar-refractivity contribution in [3.63, 3.8) is 0 Å². The SMILES string of the molecule is C[Si](C)(C)CC1=C(S(=O)(=O)c2ccccc2)[C@H]2C=C[C@@H]1C2. The van der Waals surface area contributed by atoms with Gasteiger partial charge in [-0.2, -0.15) is 0 Å². The van der Waals surface area contributed by atoms with E-state index in [1.165, 1.54) is 5.57 Å². The molecule has 0 radical (unpaired) electrons. The molecule has 0 aromatic heterocycles. The summed E-state index contributed by atoms with van der Waals surface area (Å²) in [5.41, 5.74) is 1.20. The molecule has 4 heteroatoms. The van der Waals surface area contributed by atoms with Gasteiger partial charge in [0.1, 0.15) is 0 Å². The zero-order chi connectivity index (χ0) is 15.3. The maximum absolute atomic E-state index is 13.0. The zero-order valence-corrected chi connectivity index (χ0v) is 14.7. The van der Waals surface area contributed by atoms with Crippen molar-refractivity contribution in [2.24, 2.45) is 11.8 Å². The van der Waals surface area contributed by atoms with Crippen LogP contribution in [-0.4, -0.2) is 16.5 Å². The first-order chi connectivity index (χ1) is 9.79. The Balaban J connectivity index is 2.10. The molecule has 2 atom stereocenters. The van der Waals surface area contributed by atoms with Gasteiger partial charge in [0, 0.05) is 14.0 Å². The molecule has 21 heavy (non-hydrogen) atoms. The van der Waals surface area contributed by atoms with E-state index in [2.05, 4.69) is 31.8 Å². The first-order valence-electron chi connectivity index (χ1n) is 7.50. The van der Waals surface area contributed by atoms with E-state index in [-0.39, 0.29) is 5.92 Å². The van der Waals surface area contributed by atoms with Crippen molar-refractivity contribution < 1.29 is 8.42 Å². The summed E-state index contributed by atoms with van der Waals surface area (Å²) >= 11 is 0. The number of sulfone groups is 1. The van der Waals surface area contributed by atoms with Crippen LogP contribution in [-0.2, 0) is 9.84 Å². The highest BCUT2D eigenvalue weighted by Gasteiger charge is 2.42. The van der Waals surface area contributed by atoms with Gasteiger partial charge in [-0.3, -0.25) is 0 Å². The highest BCUT2D eigenvalue weighted by molar-refractivity contribution is 7.95. The molecule has 2 nitrogen and oxygen atoms in total. The smallest absolute Gasteiger partial charge is 0.203 e. The van der Waals surface area contributed by atoms with E-state index < -0.39 is 17.9 Å². The molecule has 0 N–H and O–H groups in total. The minimum absolute atomic E-state index is 0.103. The van der Waals surface area contributed by atoms with E-state index in [0.29, 0.717) is 15.7 Å². The van der Waals surface area contributed by atoms with Crippen LogP contribution in [0.25, 0.3) is 0 Å². The van der Waals surface area contributed by atoms with Gasteiger partial charge in [-0.1, -0.05) is 55.6 Å². The Morgan fingerprint density at radius 2 is 1.67 bits per heavy atom. The monoisotopic (exact) mass is 318 g/mol. The van der Waals surface area contributed by atoms with Crippen LogP contribution in [0.2, 0.25) is 25.7 Å². The highest BCUT2D eigenvalue weighted by atomic mass is 32.2. The third-order valence-corrected chi connectivity index (χ3v) is 7.73. The molecule has 0 saturated heterocycles. The van der Waals surface area contributed by atoms with Crippen LogP contribution in [0, 0.1) is 11.8 Å². The second-order valence-electron chi connectivity index (χ2n) is 7.28. The molecule has 0 aliphatic heterocycles. The van der Waals surface area contributed by atoms with Crippen LogP contribution in [0.1, 0.15) is 6.42 Å². The van der Waals surface area contributed by atoms with E-state index in [4.69, 9.17) is 0 Å². The lowest BCUT2D eigenvalue weighted by Gasteiger charge is -2.23. The quantitative estimate of drug-likeness (QED) is 0.614. The molecule has 2 bridgehead atoms. The molecule has 1 aromatic carbocycles. The summed E-state index contributed by atoms with van der Waals surface area (Å²) in [5, 5.41) is 0. The molecule has 0 heterocycles. The van der Waals surface area contributed by atoms with Crippen molar-refractivity contribution in [3.8, 4) is 0 Å². The number of hydrogen-bond acceptors (Lipinski definition) is 2.